The van der Waals surface area contributed by atoms with Crippen molar-refractivity contribution in [2.24, 2.45) is 0 Å². The average Bonchev–Trinajstić information content (AvgIpc) is 2.23. The Morgan fingerprint density at radius 2 is 1.37 bits per heavy atom. The Kier molecular flexibility index (Phi) is 5.78. The summed E-state index contributed by atoms with van der Waals surface area (Å²) >= 11 is 14.0. The summed E-state index contributed by atoms with van der Waals surface area (Å²) in [6.45, 7) is 14.0. The predicted molar refractivity (Wildman–Crippen MR) is 98.7 cm³/mol. The van der Waals surface area contributed by atoms with Crippen LogP contribution in [0, 0.1) is 0 Å². The fraction of sp³-hybridized carbons (Fsp3) is 0.538. The molecule has 0 heterocycles. The third-order valence-corrected chi connectivity index (χ3v) is 31.1. The Morgan fingerprint density at radius 1 is 0.947 bits per heavy atom. The number of benzene rings is 1. The zero-order chi connectivity index (χ0) is 14.9. The molecule has 1 aromatic rings. The topological polar surface area (TPSA) is 0 Å². The lowest BCUT2D eigenvalue weighted by atomic mass is 10.4. The second-order valence-corrected chi connectivity index (χ2v) is 26.6. The quantitative estimate of drug-likeness (QED) is 0.537. The molecular weight excluding hydrogens is 339 g/mol. The molecule has 0 unspecified atom stereocenters. The molecule has 0 amide bonds. The molecule has 1 rings (SSSR count). The van der Waals surface area contributed by atoms with Gasteiger partial charge in [-0.2, -0.15) is 22.2 Å². The molecule has 1 aromatic carbocycles. The van der Waals surface area contributed by atoms with Crippen molar-refractivity contribution in [1.82, 2.24) is 0 Å². The third kappa shape index (κ3) is 3.66. The minimum Gasteiger partial charge on any atom is -0.168 e. The van der Waals surface area contributed by atoms with Gasteiger partial charge < -0.3 is 0 Å². The second kappa shape index (κ2) is 6.20. The lowest BCUT2D eigenvalue weighted by Crippen LogP contribution is -2.64. The minimum atomic E-state index is -1.86. The number of rotatable bonds is 5. The van der Waals surface area contributed by atoms with Crippen LogP contribution in [0.1, 0.15) is 0 Å². The Balaban J connectivity index is 3.34. The van der Waals surface area contributed by atoms with Crippen molar-refractivity contribution in [3.05, 3.63) is 30.3 Å². The first-order valence-electron chi connectivity index (χ1n) is 6.54. The summed E-state index contributed by atoms with van der Waals surface area (Å²) in [5.74, 6) is 0. The molecule has 0 spiro atoms. The number of hydrogen-bond donors (Lipinski definition) is 0. The van der Waals surface area contributed by atoms with Crippen molar-refractivity contribution >= 4 is 60.4 Å². The molecule has 0 bridgehead atoms. The molecule has 0 nitrogen and oxygen atoms in total. The minimum absolute atomic E-state index is 0.217. The maximum atomic E-state index is 7.01. The summed E-state index contributed by atoms with van der Waals surface area (Å²) in [6.07, 6.45) is 0. The van der Waals surface area contributed by atoms with E-state index in [2.05, 4.69) is 69.6 Å². The van der Waals surface area contributed by atoms with Gasteiger partial charge >= 0.3 is 0 Å². The summed E-state index contributed by atoms with van der Waals surface area (Å²) in [4.78, 5) is 0. The van der Waals surface area contributed by atoms with E-state index in [9.17, 15) is 0 Å². The van der Waals surface area contributed by atoms with Crippen LogP contribution in [-0.2, 0) is 0 Å². The van der Waals surface area contributed by atoms with E-state index < -0.39 is 23.6 Å². The first kappa shape index (κ1) is 17.7. The van der Waals surface area contributed by atoms with Crippen molar-refractivity contribution in [1.29, 1.82) is 0 Å². The zero-order valence-electron chi connectivity index (χ0n) is 12.6. The summed E-state index contributed by atoms with van der Waals surface area (Å²) in [7, 11) is -3.54. The van der Waals surface area contributed by atoms with Gasteiger partial charge in [0.15, 0.2) is 0 Å². The van der Waals surface area contributed by atoms with Crippen LogP contribution >= 0.6 is 22.2 Å². The molecule has 6 heteroatoms. The van der Waals surface area contributed by atoms with E-state index in [0.717, 1.165) is 9.52 Å². The van der Waals surface area contributed by atoms with Crippen molar-refractivity contribution in [2.45, 2.75) is 43.2 Å². The van der Waals surface area contributed by atoms with E-state index in [0.29, 0.717) is 0 Å². The maximum absolute atomic E-state index is 7.01. The van der Waals surface area contributed by atoms with Crippen LogP contribution in [0.4, 0.5) is 0 Å². The molecule has 0 N–H and O–H groups in total. The highest BCUT2D eigenvalue weighted by Gasteiger charge is 2.58. The first-order chi connectivity index (χ1) is 8.52. The van der Waals surface area contributed by atoms with E-state index in [4.69, 9.17) is 22.2 Å². The normalized spacial score (nSPS) is 13.9. The van der Waals surface area contributed by atoms with Crippen LogP contribution in [0.5, 0.6) is 0 Å². The Bertz CT molecular complexity index is 393. The molecule has 3 radical (unpaired) electrons. The predicted octanol–water partition coefficient (Wildman–Crippen LogP) is 4.43. The van der Waals surface area contributed by atoms with Crippen LogP contribution in [0.15, 0.2) is 30.3 Å². The van der Waals surface area contributed by atoms with E-state index in [1.54, 1.807) is 0 Å². The molecule has 19 heavy (non-hydrogen) atoms. The molecular formula is C13H23Cl2Si4. The molecule has 105 valence electrons. The maximum Gasteiger partial charge on any atom is 0.149 e. The lowest BCUT2D eigenvalue weighted by Gasteiger charge is -2.51. The summed E-state index contributed by atoms with van der Waals surface area (Å²) < 4.78 is 0.217. The molecule has 0 atom stereocenters. The Labute approximate surface area is 133 Å². The average molecular weight is 363 g/mol. The standard InChI is InChI=1S/C13H23Cl2Si4/c1-17(2)13(18(3,4)14,19(5,6)15)16-12-10-8-7-9-11-12/h7-11H,1-6H3. The second-order valence-electron chi connectivity index (χ2n) is 6.19. The van der Waals surface area contributed by atoms with Crippen LogP contribution < -0.4 is 5.19 Å². The largest absolute Gasteiger partial charge is 0.168 e. The van der Waals surface area contributed by atoms with Crippen LogP contribution in [-0.4, -0.2) is 33.1 Å². The van der Waals surface area contributed by atoms with Crippen LogP contribution in [0.2, 0.25) is 43.2 Å². The SMILES string of the molecule is C[Si](C)C([Si]c1ccccc1)([Si](C)(C)Cl)[Si](C)(C)Cl. The Morgan fingerprint density at radius 3 is 1.68 bits per heavy atom. The molecule has 0 saturated heterocycles. The first-order valence-corrected chi connectivity index (χ1v) is 18.1. The molecule has 0 aliphatic heterocycles. The zero-order valence-corrected chi connectivity index (χ0v) is 18.2. The third-order valence-electron chi connectivity index (χ3n) is 3.64. The summed E-state index contributed by atoms with van der Waals surface area (Å²) in [6, 6.07) is 10.8. The summed E-state index contributed by atoms with van der Waals surface area (Å²) in [5, 5.41) is 1.41. The van der Waals surface area contributed by atoms with Crippen molar-refractivity contribution in [3.8, 4) is 0 Å². The molecule has 0 fully saturated rings. The van der Waals surface area contributed by atoms with Gasteiger partial charge in [-0.15, -0.1) is 0 Å². The van der Waals surface area contributed by atoms with Gasteiger partial charge in [0, 0.05) is 8.80 Å². The van der Waals surface area contributed by atoms with Gasteiger partial charge in [0.2, 0.25) is 0 Å². The van der Waals surface area contributed by atoms with Gasteiger partial charge in [0.1, 0.15) is 14.8 Å². The van der Waals surface area contributed by atoms with Crippen LogP contribution in [0.25, 0.3) is 0 Å². The highest BCUT2D eigenvalue weighted by molar-refractivity contribution is 7.44. The van der Waals surface area contributed by atoms with Gasteiger partial charge in [0.05, 0.1) is 9.52 Å². The van der Waals surface area contributed by atoms with Crippen molar-refractivity contribution in [2.75, 3.05) is 0 Å². The van der Waals surface area contributed by atoms with Crippen molar-refractivity contribution < 1.29 is 0 Å². The van der Waals surface area contributed by atoms with Gasteiger partial charge in [-0.3, -0.25) is 0 Å². The highest BCUT2D eigenvalue weighted by Crippen LogP contribution is 2.51. The van der Waals surface area contributed by atoms with E-state index in [-0.39, 0.29) is 3.91 Å². The monoisotopic (exact) mass is 361 g/mol. The molecule has 0 aliphatic carbocycles. The summed E-state index contributed by atoms with van der Waals surface area (Å²) in [5.41, 5.74) is 0. The molecule has 0 saturated carbocycles. The van der Waals surface area contributed by atoms with E-state index in [1.807, 2.05) is 0 Å². The highest BCUT2D eigenvalue weighted by atomic mass is 35.6. The van der Waals surface area contributed by atoms with Gasteiger partial charge in [0.25, 0.3) is 0 Å². The molecule has 0 aliphatic rings. The van der Waals surface area contributed by atoms with Crippen LogP contribution in [0.3, 0.4) is 0 Å². The number of halogens is 2. The van der Waals surface area contributed by atoms with Gasteiger partial charge in [-0.05, 0) is 3.91 Å². The Hall–Kier alpha value is 0.668. The van der Waals surface area contributed by atoms with E-state index in [1.165, 1.54) is 5.19 Å². The fourth-order valence-electron chi connectivity index (χ4n) is 3.06. The number of hydrogen-bond acceptors (Lipinski definition) is 0. The van der Waals surface area contributed by atoms with Gasteiger partial charge in [-0.1, -0.05) is 74.8 Å². The molecule has 0 aromatic heterocycles. The van der Waals surface area contributed by atoms with Gasteiger partial charge in [-0.25, -0.2) is 0 Å². The fourth-order valence-corrected chi connectivity index (χ4v) is 32.6. The lowest BCUT2D eigenvalue weighted by molar-refractivity contribution is 1.35. The van der Waals surface area contributed by atoms with Crippen molar-refractivity contribution in [3.63, 3.8) is 0 Å². The smallest absolute Gasteiger partial charge is 0.149 e. The van der Waals surface area contributed by atoms with E-state index >= 15 is 0 Å².